The number of amidine groups is 1. The zero-order valence-corrected chi connectivity index (χ0v) is 9.34. The van der Waals surface area contributed by atoms with Crippen molar-refractivity contribution in [2.45, 2.75) is 6.42 Å². The van der Waals surface area contributed by atoms with Gasteiger partial charge in [0.1, 0.15) is 0 Å². The monoisotopic (exact) mass is 235 g/mol. The van der Waals surface area contributed by atoms with Crippen LogP contribution in [-0.4, -0.2) is 24.8 Å². The Morgan fingerprint density at radius 2 is 2.00 bits per heavy atom. The Morgan fingerprint density at radius 3 is 2.59 bits per heavy atom. The van der Waals surface area contributed by atoms with Gasteiger partial charge in [0.25, 0.3) is 0 Å². The molecule has 0 bridgehead atoms. The number of methoxy groups -OCH3 is 1. The standard InChI is InChI=1S/C11H13N3O3/c1-17-11(16)10(12)14-13-9(15)7-8-5-3-2-4-6-8/h2-6H,7H2,1H3,(H2,12,14)(H,13,15). The number of hydrazone groups is 1. The third-order valence-corrected chi connectivity index (χ3v) is 1.90. The van der Waals surface area contributed by atoms with E-state index in [-0.39, 0.29) is 12.3 Å². The van der Waals surface area contributed by atoms with Crippen LogP contribution in [0.3, 0.4) is 0 Å². The van der Waals surface area contributed by atoms with E-state index in [1.165, 1.54) is 7.11 Å². The maximum Gasteiger partial charge on any atom is 0.375 e. The molecule has 0 atom stereocenters. The Balaban J connectivity index is 2.48. The number of nitrogens with two attached hydrogens (primary N) is 1. The van der Waals surface area contributed by atoms with E-state index in [0.29, 0.717) is 0 Å². The van der Waals surface area contributed by atoms with Gasteiger partial charge in [-0.3, -0.25) is 4.79 Å². The van der Waals surface area contributed by atoms with Crippen molar-refractivity contribution in [3.63, 3.8) is 0 Å². The molecule has 1 rings (SSSR count). The van der Waals surface area contributed by atoms with Crippen LogP contribution in [0.25, 0.3) is 0 Å². The number of nitrogens with zero attached hydrogens (tertiary/aromatic N) is 1. The summed E-state index contributed by atoms with van der Waals surface area (Å²) in [6.45, 7) is 0. The van der Waals surface area contributed by atoms with Crippen molar-refractivity contribution in [3.8, 4) is 0 Å². The third kappa shape index (κ3) is 4.33. The molecular weight excluding hydrogens is 222 g/mol. The first-order chi connectivity index (χ1) is 8.13. The molecule has 0 radical (unpaired) electrons. The molecule has 6 heteroatoms. The number of esters is 1. The summed E-state index contributed by atoms with van der Waals surface area (Å²) >= 11 is 0. The minimum absolute atomic E-state index is 0.165. The van der Waals surface area contributed by atoms with Crippen LogP contribution in [0.4, 0.5) is 0 Å². The van der Waals surface area contributed by atoms with Crippen molar-refractivity contribution in [1.29, 1.82) is 0 Å². The predicted octanol–water partition coefficient (Wildman–Crippen LogP) is -0.209. The molecule has 0 fully saturated rings. The van der Waals surface area contributed by atoms with Gasteiger partial charge in [-0.2, -0.15) is 0 Å². The first kappa shape index (κ1) is 12.7. The summed E-state index contributed by atoms with van der Waals surface area (Å²) in [7, 11) is 1.18. The second-order valence-corrected chi connectivity index (χ2v) is 3.19. The van der Waals surface area contributed by atoms with E-state index in [1.54, 1.807) is 0 Å². The summed E-state index contributed by atoms with van der Waals surface area (Å²) in [4.78, 5) is 22.3. The molecule has 1 aromatic carbocycles. The fourth-order valence-corrected chi connectivity index (χ4v) is 1.09. The Morgan fingerprint density at radius 1 is 1.35 bits per heavy atom. The number of rotatable bonds is 3. The maximum atomic E-state index is 11.4. The number of hydrogen-bond donors (Lipinski definition) is 2. The van der Waals surface area contributed by atoms with Gasteiger partial charge in [-0.05, 0) is 5.56 Å². The number of amides is 1. The Hall–Kier alpha value is -2.37. The SMILES string of the molecule is COC(=O)/C(N)=N\NC(=O)Cc1ccccc1. The molecular formula is C11H13N3O3. The van der Waals surface area contributed by atoms with Crippen LogP contribution in [0.15, 0.2) is 35.4 Å². The lowest BCUT2D eigenvalue weighted by Crippen LogP contribution is -2.30. The molecule has 0 spiro atoms. The van der Waals surface area contributed by atoms with Crippen molar-refractivity contribution in [2.24, 2.45) is 10.8 Å². The summed E-state index contributed by atoms with van der Waals surface area (Å²) in [5.41, 5.74) is 8.24. The molecule has 0 saturated heterocycles. The van der Waals surface area contributed by atoms with Gasteiger partial charge in [-0.25, -0.2) is 10.2 Å². The number of carbonyl (C=O) groups is 2. The van der Waals surface area contributed by atoms with E-state index in [9.17, 15) is 9.59 Å². The van der Waals surface area contributed by atoms with Crippen molar-refractivity contribution in [1.82, 2.24) is 5.43 Å². The van der Waals surface area contributed by atoms with Gasteiger partial charge in [0.2, 0.25) is 11.7 Å². The fraction of sp³-hybridized carbons (Fsp3) is 0.182. The van der Waals surface area contributed by atoms with Crippen LogP contribution in [0.5, 0.6) is 0 Å². The van der Waals surface area contributed by atoms with Crippen molar-refractivity contribution in [2.75, 3.05) is 7.11 Å². The van der Waals surface area contributed by atoms with Crippen LogP contribution in [0.1, 0.15) is 5.56 Å². The molecule has 0 aromatic heterocycles. The van der Waals surface area contributed by atoms with Gasteiger partial charge in [0.15, 0.2) is 0 Å². The molecule has 1 aromatic rings. The molecule has 0 aliphatic heterocycles. The summed E-state index contributed by atoms with van der Waals surface area (Å²) in [5.74, 6) is -1.54. The van der Waals surface area contributed by atoms with Gasteiger partial charge in [-0.1, -0.05) is 30.3 Å². The molecule has 0 saturated carbocycles. The number of nitrogens with one attached hydrogen (secondary N) is 1. The second-order valence-electron chi connectivity index (χ2n) is 3.19. The lowest BCUT2D eigenvalue weighted by Gasteiger charge is -2.01. The van der Waals surface area contributed by atoms with E-state index in [4.69, 9.17) is 5.73 Å². The van der Waals surface area contributed by atoms with Gasteiger partial charge < -0.3 is 10.5 Å². The van der Waals surface area contributed by atoms with Gasteiger partial charge in [-0.15, -0.1) is 5.10 Å². The smallest absolute Gasteiger partial charge is 0.375 e. The van der Waals surface area contributed by atoms with E-state index in [0.717, 1.165) is 5.56 Å². The molecule has 0 aliphatic carbocycles. The minimum Gasteiger partial charge on any atom is -0.463 e. The summed E-state index contributed by atoms with van der Waals surface area (Å²) in [6.07, 6.45) is 0.165. The van der Waals surface area contributed by atoms with Crippen molar-refractivity contribution < 1.29 is 14.3 Å². The number of benzene rings is 1. The molecule has 3 N–H and O–H groups in total. The fourth-order valence-electron chi connectivity index (χ4n) is 1.09. The second kappa shape index (κ2) is 6.26. The largest absolute Gasteiger partial charge is 0.463 e. The molecule has 90 valence electrons. The van der Waals surface area contributed by atoms with E-state index in [2.05, 4.69) is 15.3 Å². The molecule has 0 heterocycles. The third-order valence-electron chi connectivity index (χ3n) is 1.90. The molecule has 0 aliphatic rings. The zero-order chi connectivity index (χ0) is 12.7. The minimum atomic E-state index is -0.787. The maximum absolute atomic E-state index is 11.4. The van der Waals surface area contributed by atoms with Crippen LogP contribution >= 0.6 is 0 Å². The quantitative estimate of drug-likeness (QED) is 0.328. The topological polar surface area (TPSA) is 93.8 Å². The highest BCUT2D eigenvalue weighted by Crippen LogP contribution is 1.98. The zero-order valence-electron chi connectivity index (χ0n) is 9.34. The lowest BCUT2D eigenvalue weighted by molar-refractivity contribution is -0.132. The highest BCUT2D eigenvalue weighted by atomic mass is 16.5. The summed E-state index contributed by atoms with van der Waals surface area (Å²) in [6, 6.07) is 9.14. The average Bonchev–Trinajstić information content (AvgIpc) is 2.36. The van der Waals surface area contributed by atoms with Gasteiger partial charge in [0, 0.05) is 0 Å². The number of carbonyl (C=O) groups excluding carboxylic acids is 2. The normalized spacial score (nSPS) is 10.8. The lowest BCUT2D eigenvalue weighted by atomic mass is 10.1. The Kier molecular flexibility index (Phi) is 4.68. The van der Waals surface area contributed by atoms with E-state index >= 15 is 0 Å². The predicted molar refractivity (Wildman–Crippen MR) is 61.9 cm³/mol. The molecule has 6 nitrogen and oxygen atoms in total. The van der Waals surface area contributed by atoms with Crippen LogP contribution < -0.4 is 11.2 Å². The highest BCUT2D eigenvalue weighted by Gasteiger charge is 2.07. The summed E-state index contributed by atoms with van der Waals surface area (Å²) < 4.78 is 4.32. The van der Waals surface area contributed by atoms with Gasteiger partial charge in [0.05, 0.1) is 13.5 Å². The Labute approximate surface area is 98.4 Å². The molecule has 17 heavy (non-hydrogen) atoms. The van der Waals surface area contributed by atoms with Crippen LogP contribution in [-0.2, 0) is 20.7 Å². The van der Waals surface area contributed by atoms with Gasteiger partial charge >= 0.3 is 5.97 Å². The van der Waals surface area contributed by atoms with Crippen molar-refractivity contribution in [3.05, 3.63) is 35.9 Å². The molecule has 1 amide bonds. The van der Waals surface area contributed by atoms with E-state index < -0.39 is 11.8 Å². The highest BCUT2D eigenvalue weighted by molar-refractivity contribution is 6.34. The number of ether oxygens (including phenoxy) is 1. The number of hydrogen-bond acceptors (Lipinski definition) is 4. The van der Waals surface area contributed by atoms with Crippen LogP contribution in [0.2, 0.25) is 0 Å². The summed E-state index contributed by atoms with van der Waals surface area (Å²) in [5, 5.41) is 3.41. The Bertz CT molecular complexity index is 429. The average molecular weight is 235 g/mol. The van der Waals surface area contributed by atoms with Crippen molar-refractivity contribution >= 4 is 17.7 Å². The first-order valence-corrected chi connectivity index (χ1v) is 4.87. The molecule has 0 unspecified atom stereocenters. The van der Waals surface area contributed by atoms with E-state index in [1.807, 2.05) is 30.3 Å². The first-order valence-electron chi connectivity index (χ1n) is 4.87. The van der Waals surface area contributed by atoms with Crippen LogP contribution in [0, 0.1) is 0 Å².